The van der Waals surface area contributed by atoms with Crippen molar-refractivity contribution in [3.8, 4) is 0 Å². The molecule has 2 aromatic carbocycles. The molecule has 0 aliphatic heterocycles. The van der Waals surface area contributed by atoms with Gasteiger partial charge in [-0.25, -0.2) is 9.18 Å². The number of carboxylic acids is 1. The quantitative estimate of drug-likeness (QED) is 0.878. The zero-order valence-electron chi connectivity index (χ0n) is 10.8. The molecular weight excluding hydrogens is 325 g/mol. The first-order chi connectivity index (χ1) is 9.47. The van der Waals surface area contributed by atoms with Crippen LogP contribution in [-0.4, -0.2) is 11.1 Å². The lowest BCUT2D eigenvalue weighted by molar-refractivity contribution is 0.0697. The van der Waals surface area contributed by atoms with Crippen LogP contribution in [0.2, 0.25) is 0 Å². The predicted molar refractivity (Wildman–Crippen MR) is 79.6 cm³/mol. The molecule has 0 radical (unpaired) electrons. The molecule has 0 amide bonds. The van der Waals surface area contributed by atoms with Crippen LogP contribution in [0.3, 0.4) is 0 Å². The van der Waals surface area contributed by atoms with Gasteiger partial charge in [0.25, 0.3) is 0 Å². The van der Waals surface area contributed by atoms with Gasteiger partial charge in [0.05, 0.1) is 10.0 Å². The van der Waals surface area contributed by atoms with Crippen LogP contribution < -0.4 is 5.32 Å². The van der Waals surface area contributed by atoms with Gasteiger partial charge in [-0.1, -0.05) is 12.1 Å². The van der Waals surface area contributed by atoms with Crippen molar-refractivity contribution in [3.63, 3.8) is 0 Å². The van der Waals surface area contributed by atoms with E-state index >= 15 is 0 Å². The van der Waals surface area contributed by atoms with Gasteiger partial charge in [0.1, 0.15) is 5.82 Å². The molecule has 5 heteroatoms. The first-order valence-electron chi connectivity index (χ1n) is 5.99. The number of aryl methyl sites for hydroxylation is 1. The number of carbonyl (C=O) groups is 1. The van der Waals surface area contributed by atoms with Crippen molar-refractivity contribution in [1.82, 2.24) is 0 Å². The van der Waals surface area contributed by atoms with E-state index in [0.29, 0.717) is 11.0 Å². The molecule has 0 heterocycles. The summed E-state index contributed by atoms with van der Waals surface area (Å²) in [5, 5.41) is 12.1. The number of aromatic carboxylic acids is 1. The van der Waals surface area contributed by atoms with Crippen LogP contribution in [-0.2, 0) is 6.54 Å². The monoisotopic (exact) mass is 337 g/mol. The molecular formula is C15H13BrFNO2. The maximum absolute atomic E-state index is 13.1. The van der Waals surface area contributed by atoms with E-state index in [1.54, 1.807) is 30.3 Å². The topological polar surface area (TPSA) is 49.3 Å². The summed E-state index contributed by atoms with van der Waals surface area (Å²) in [4.78, 5) is 10.9. The molecule has 20 heavy (non-hydrogen) atoms. The average Bonchev–Trinajstić information content (AvgIpc) is 2.41. The number of anilines is 1. The van der Waals surface area contributed by atoms with Crippen molar-refractivity contribution >= 4 is 27.6 Å². The molecule has 0 unspecified atom stereocenters. The Labute approximate surface area is 124 Å². The van der Waals surface area contributed by atoms with Crippen LogP contribution in [0.15, 0.2) is 40.9 Å². The van der Waals surface area contributed by atoms with Crippen molar-refractivity contribution in [2.45, 2.75) is 13.5 Å². The third kappa shape index (κ3) is 3.36. The molecule has 0 aliphatic carbocycles. The molecule has 0 aliphatic rings. The molecule has 0 spiro atoms. The van der Waals surface area contributed by atoms with Crippen molar-refractivity contribution < 1.29 is 14.3 Å². The van der Waals surface area contributed by atoms with Crippen molar-refractivity contribution in [2.24, 2.45) is 0 Å². The van der Waals surface area contributed by atoms with Crippen LogP contribution in [0.5, 0.6) is 0 Å². The molecule has 0 fully saturated rings. The minimum atomic E-state index is -0.961. The van der Waals surface area contributed by atoms with Gasteiger partial charge in [0.15, 0.2) is 0 Å². The minimum Gasteiger partial charge on any atom is -0.478 e. The SMILES string of the molecule is Cc1ccc(C(=O)O)cc1NCc1ccc(F)c(Br)c1. The molecule has 3 nitrogen and oxygen atoms in total. The van der Waals surface area contributed by atoms with Crippen molar-refractivity contribution in [1.29, 1.82) is 0 Å². The zero-order valence-corrected chi connectivity index (χ0v) is 12.4. The molecule has 2 rings (SSSR count). The molecule has 0 atom stereocenters. The maximum atomic E-state index is 13.1. The number of carboxylic acid groups (broad SMARTS) is 1. The molecule has 0 aromatic heterocycles. The van der Waals surface area contributed by atoms with Crippen LogP contribution in [0.25, 0.3) is 0 Å². The number of benzene rings is 2. The van der Waals surface area contributed by atoms with E-state index in [2.05, 4.69) is 21.2 Å². The second kappa shape index (κ2) is 6.05. The maximum Gasteiger partial charge on any atom is 0.335 e. The normalized spacial score (nSPS) is 10.3. The van der Waals surface area contributed by atoms with E-state index < -0.39 is 5.97 Å². The summed E-state index contributed by atoms with van der Waals surface area (Å²) in [5.74, 6) is -1.27. The van der Waals surface area contributed by atoms with E-state index in [1.807, 2.05) is 6.92 Å². The molecule has 104 valence electrons. The molecule has 2 aromatic rings. The highest BCUT2D eigenvalue weighted by Crippen LogP contribution is 2.20. The fourth-order valence-electron chi connectivity index (χ4n) is 1.79. The number of hydrogen-bond acceptors (Lipinski definition) is 2. The lowest BCUT2D eigenvalue weighted by Gasteiger charge is -2.11. The molecule has 0 saturated carbocycles. The van der Waals surface area contributed by atoms with E-state index in [9.17, 15) is 9.18 Å². The summed E-state index contributed by atoms with van der Waals surface area (Å²) in [6, 6.07) is 9.68. The van der Waals surface area contributed by atoms with Crippen LogP contribution in [0.4, 0.5) is 10.1 Å². The summed E-state index contributed by atoms with van der Waals surface area (Å²) in [7, 11) is 0. The summed E-state index contributed by atoms with van der Waals surface area (Å²) >= 11 is 3.14. The Balaban J connectivity index is 2.15. The second-order valence-corrected chi connectivity index (χ2v) is 5.29. The fourth-order valence-corrected chi connectivity index (χ4v) is 2.22. The van der Waals surface area contributed by atoms with Gasteiger partial charge in [0.2, 0.25) is 0 Å². The average molecular weight is 338 g/mol. The third-order valence-corrected chi connectivity index (χ3v) is 3.56. The van der Waals surface area contributed by atoms with Gasteiger partial charge in [-0.3, -0.25) is 0 Å². The van der Waals surface area contributed by atoms with Gasteiger partial charge in [-0.05, 0) is 58.2 Å². The smallest absolute Gasteiger partial charge is 0.335 e. The van der Waals surface area contributed by atoms with Gasteiger partial charge < -0.3 is 10.4 Å². The number of nitrogens with one attached hydrogen (secondary N) is 1. The predicted octanol–water partition coefficient (Wildman–Crippen LogP) is 4.21. The van der Waals surface area contributed by atoms with Gasteiger partial charge in [0, 0.05) is 12.2 Å². The first kappa shape index (κ1) is 14.5. The number of halogens is 2. The van der Waals surface area contributed by atoms with Crippen LogP contribution >= 0.6 is 15.9 Å². The zero-order chi connectivity index (χ0) is 14.7. The number of hydrogen-bond donors (Lipinski definition) is 2. The Kier molecular flexibility index (Phi) is 4.39. The standard InChI is InChI=1S/C15H13BrFNO2/c1-9-2-4-11(15(19)20)7-14(9)18-8-10-3-5-13(17)12(16)6-10/h2-7,18H,8H2,1H3,(H,19,20). The van der Waals surface area contributed by atoms with Crippen molar-refractivity contribution in [2.75, 3.05) is 5.32 Å². The highest BCUT2D eigenvalue weighted by molar-refractivity contribution is 9.10. The highest BCUT2D eigenvalue weighted by Gasteiger charge is 2.06. The fraction of sp³-hybridized carbons (Fsp3) is 0.133. The summed E-state index contributed by atoms with van der Waals surface area (Å²) in [5.41, 5.74) is 2.85. The Bertz CT molecular complexity index is 658. The summed E-state index contributed by atoms with van der Waals surface area (Å²) < 4.78 is 13.5. The lowest BCUT2D eigenvalue weighted by atomic mass is 10.1. The Hall–Kier alpha value is -1.88. The van der Waals surface area contributed by atoms with Gasteiger partial charge in [-0.2, -0.15) is 0 Å². The Morgan fingerprint density at radius 2 is 2.05 bits per heavy atom. The van der Waals surface area contributed by atoms with Gasteiger partial charge >= 0.3 is 5.97 Å². The van der Waals surface area contributed by atoms with Crippen LogP contribution in [0.1, 0.15) is 21.5 Å². The van der Waals surface area contributed by atoms with E-state index in [1.165, 1.54) is 6.07 Å². The van der Waals surface area contributed by atoms with Crippen molar-refractivity contribution in [3.05, 3.63) is 63.4 Å². The molecule has 0 bridgehead atoms. The van der Waals surface area contributed by atoms with E-state index in [-0.39, 0.29) is 11.4 Å². The summed E-state index contributed by atoms with van der Waals surface area (Å²) in [6.45, 7) is 2.39. The van der Waals surface area contributed by atoms with Crippen LogP contribution in [0, 0.1) is 12.7 Å². The summed E-state index contributed by atoms with van der Waals surface area (Å²) in [6.07, 6.45) is 0. The largest absolute Gasteiger partial charge is 0.478 e. The molecule has 0 saturated heterocycles. The second-order valence-electron chi connectivity index (χ2n) is 4.44. The van der Waals surface area contributed by atoms with E-state index in [4.69, 9.17) is 5.11 Å². The Morgan fingerprint density at radius 1 is 1.30 bits per heavy atom. The number of rotatable bonds is 4. The van der Waals surface area contributed by atoms with E-state index in [0.717, 1.165) is 16.8 Å². The van der Waals surface area contributed by atoms with Gasteiger partial charge in [-0.15, -0.1) is 0 Å². The lowest BCUT2D eigenvalue weighted by Crippen LogP contribution is -2.04. The first-order valence-corrected chi connectivity index (χ1v) is 6.78. The minimum absolute atomic E-state index is 0.235. The molecule has 2 N–H and O–H groups in total. The third-order valence-electron chi connectivity index (χ3n) is 2.95. The Morgan fingerprint density at radius 3 is 2.70 bits per heavy atom. The highest BCUT2D eigenvalue weighted by atomic mass is 79.9.